The Morgan fingerprint density at radius 3 is 2.56 bits per heavy atom. The van der Waals surface area contributed by atoms with Gasteiger partial charge < -0.3 is 10.2 Å². The molecular formula is C21H24N2O2. The number of benzene rings is 2. The lowest BCUT2D eigenvalue weighted by molar-refractivity contribution is -0.132. The molecule has 1 saturated heterocycles. The van der Waals surface area contributed by atoms with E-state index in [1.807, 2.05) is 69.3 Å². The highest BCUT2D eigenvalue weighted by Crippen LogP contribution is 2.30. The van der Waals surface area contributed by atoms with Crippen molar-refractivity contribution in [2.75, 3.05) is 11.4 Å². The smallest absolute Gasteiger partial charge is 0.239 e. The molecule has 2 unspecified atom stereocenters. The van der Waals surface area contributed by atoms with E-state index in [4.69, 9.17) is 0 Å². The molecular weight excluding hydrogens is 312 g/mol. The van der Waals surface area contributed by atoms with E-state index in [-0.39, 0.29) is 17.9 Å². The van der Waals surface area contributed by atoms with Crippen LogP contribution in [-0.4, -0.2) is 18.4 Å². The molecule has 0 bridgehead atoms. The minimum atomic E-state index is -0.605. The molecule has 0 radical (unpaired) electrons. The molecule has 1 N–H and O–H groups in total. The summed E-state index contributed by atoms with van der Waals surface area (Å²) in [5.74, 6) is -0.897. The summed E-state index contributed by atoms with van der Waals surface area (Å²) >= 11 is 0. The summed E-state index contributed by atoms with van der Waals surface area (Å²) in [6.07, 6.45) is 0.555. The number of carbonyl (C=O) groups is 2. The van der Waals surface area contributed by atoms with Crippen molar-refractivity contribution in [1.82, 2.24) is 5.32 Å². The number of rotatable bonds is 4. The summed E-state index contributed by atoms with van der Waals surface area (Å²) in [7, 11) is 0. The van der Waals surface area contributed by atoms with Crippen molar-refractivity contribution in [3.63, 3.8) is 0 Å². The first-order valence-electron chi connectivity index (χ1n) is 8.72. The Bertz CT molecular complexity index is 786. The van der Waals surface area contributed by atoms with E-state index in [2.05, 4.69) is 5.32 Å². The highest BCUT2D eigenvalue weighted by molar-refractivity contribution is 6.10. The second kappa shape index (κ2) is 7.09. The van der Waals surface area contributed by atoms with Gasteiger partial charge in [-0.1, -0.05) is 42.5 Å². The van der Waals surface area contributed by atoms with Crippen molar-refractivity contribution >= 4 is 17.5 Å². The average molecular weight is 336 g/mol. The van der Waals surface area contributed by atoms with Crippen LogP contribution in [0.3, 0.4) is 0 Å². The number of amides is 2. The molecule has 4 nitrogen and oxygen atoms in total. The fraction of sp³-hybridized carbons (Fsp3) is 0.333. The fourth-order valence-electron chi connectivity index (χ4n) is 3.33. The van der Waals surface area contributed by atoms with Gasteiger partial charge >= 0.3 is 0 Å². The van der Waals surface area contributed by atoms with Crippen LogP contribution < -0.4 is 10.2 Å². The molecule has 2 atom stereocenters. The van der Waals surface area contributed by atoms with Crippen LogP contribution in [0.4, 0.5) is 5.69 Å². The molecule has 1 fully saturated rings. The number of hydrogen-bond acceptors (Lipinski definition) is 2. The summed E-state index contributed by atoms with van der Waals surface area (Å²) < 4.78 is 0. The third kappa shape index (κ3) is 3.43. The maximum absolute atomic E-state index is 12.8. The number of anilines is 1. The number of aryl methyl sites for hydroxylation is 1. The second-order valence-corrected chi connectivity index (χ2v) is 6.69. The lowest BCUT2D eigenvalue weighted by Gasteiger charge is -2.21. The molecule has 2 amide bonds. The first-order valence-corrected chi connectivity index (χ1v) is 8.72. The largest absolute Gasteiger partial charge is 0.349 e. The Labute approximate surface area is 148 Å². The van der Waals surface area contributed by atoms with Crippen molar-refractivity contribution in [3.8, 4) is 0 Å². The van der Waals surface area contributed by atoms with E-state index in [0.29, 0.717) is 13.0 Å². The van der Waals surface area contributed by atoms with Crippen molar-refractivity contribution < 1.29 is 9.59 Å². The van der Waals surface area contributed by atoms with Crippen LogP contribution in [0.1, 0.15) is 36.1 Å². The topological polar surface area (TPSA) is 49.4 Å². The van der Waals surface area contributed by atoms with Crippen LogP contribution in [-0.2, 0) is 9.59 Å². The Morgan fingerprint density at radius 1 is 1.12 bits per heavy atom. The molecule has 3 rings (SSSR count). The van der Waals surface area contributed by atoms with Crippen molar-refractivity contribution in [1.29, 1.82) is 0 Å². The minimum Gasteiger partial charge on any atom is -0.349 e. The molecule has 0 saturated carbocycles. The van der Waals surface area contributed by atoms with Gasteiger partial charge in [0.15, 0.2) is 0 Å². The molecule has 0 spiro atoms. The summed E-state index contributed by atoms with van der Waals surface area (Å²) in [6, 6.07) is 15.6. The van der Waals surface area contributed by atoms with Gasteiger partial charge in [0.25, 0.3) is 0 Å². The number of nitrogens with zero attached hydrogens (tertiary/aromatic N) is 1. The van der Waals surface area contributed by atoms with E-state index < -0.39 is 5.92 Å². The first-order chi connectivity index (χ1) is 12.0. The summed E-state index contributed by atoms with van der Waals surface area (Å²) in [5, 5.41) is 2.98. The van der Waals surface area contributed by atoms with E-state index in [1.165, 1.54) is 0 Å². The molecule has 2 aromatic carbocycles. The molecule has 2 aromatic rings. The Hall–Kier alpha value is -2.62. The standard InChI is InChI=1S/C21H24N2O2/c1-14-8-7-11-19(15(14)2)23-13-12-18(21(23)25)20(24)22-16(3)17-9-5-4-6-10-17/h4-11,16,18H,12-13H2,1-3H3,(H,22,24). The lowest BCUT2D eigenvalue weighted by atomic mass is 10.0. The molecule has 0 aliphatic carbocycles. The van der Waals surface area contributed by atoms with Gasteiger partial charge in [0.2, 0.25) is 11.8 Å². The van der Waals surface area contributed by atoms with Gasteiger partial charge in [0.1, 0.15) is 5.92 Å². The zero-order valence-corrected chi connectivity index (χ0v) is 15.0. The number of nitrogens with one attached hydrogen (secondary N) is 1. The highest BCUT2D eigenvalue weighted by Gasteiger charge is 2.38. The molecule has 4 heteroatoms. The van der Waals surface area contributed by atoms with Crippen LogP contribution in [0.15, 0.2) is 48.5 Å². The van der Waals surface area contributed by atoms with E-state index >= 15 is 0 Å². The van der Waals surface area contributed by atoms with E-state index in [0.717, 1.165) is 22.4 Å². The van der Waals surface area contributed by atoms with Crippen molar-refractivity contribution in [2.24, 2.45) is 5.92 Å². The third-order valence-electron chi connectivity index (χ3n) is 5.05. The predicted molar refractivity (Wildman–Crippen MR) is 99.4 cm³/mol. The van der Waals surface area contributed by atoms with Crippen LogP contribution in [0, 0.1) is 19.8 Å². The molecule has 1 aliphatic rings. The summed E-state index contributed by atoms with van der Waals surface area (Å²) in [6.45, 7) is 6.57. The fourth-order valence-corrected chi connectivity index (χ4v) is 3.33. The van der Waals surface area contributed by atoms with Gasteiger partial charge in [-0.2, -0.15) is 0 Å². The lowest BCUT2D eigenvalue weighted by Crippen LogP contribution is -2.38. The third-order valence-corrected chi connectivity index (χ3v) is 5.05. The monoisotopic (exact) mass is 336 g/mol. The molecule has 130 valence electrons. The van der Waals surface area contributed by atoms with Crippen LogP contribution in [0.25, 0.3) is 0 Å². The maximum Gasteiger partial charge on any atom is 0.239 e. The van der Waals surface area contributed by atoms with E-state index in [1.54, 1.807) is 4.90 Å². The zero-order valence-electron chi connectivity index (χ0n) is 15.0. The quantitative estimate of drug-likeness (QED) is 0.868. The van der Waals surface area contributed by atoms with Gasteiger partial charge in [-0.3, -0.25) is 9.59 Å². The van der Waals surface area contributed by atoms with Crippen LogP contribution >= 0.6 is 0 Å². The SMILES string of the molecule is Cc1cccc(N2CCC(C(=O)NC(C)c3ccccc3)C2=O)c1C. The average Bonchev–Trinajstić information content (AvgIpc) is 2.99. The first kappa shape index (κ1) is 17.2. The maximum atomic E-state index is 12.8. The zero-order chi connectivity index (χ0) is 18.0. The van der Waals surface area contributed by atoms with Gasteiger partial charge in [0.05, 0.1) is 6.04 Å². The van der Waals surface area contributed by atoms with Crippen molar-refractivity contribution in [2.45, 2.75) is 33.2 Å². The van der Waals surface area contributed by atoms with Gasteiger partial charge in [-0.05, 0) is 49.9 Å². The minimum absolute atomic E-state index is 0.105. The van der Waals surface area contributed by atoms with Crippen molar-refractivity contribution in [3.05, 3.63) is 65.2 Å². The number of carbonyl (C=O) groups excluding carboxylic acids is 2. The van der Waals surface area contributed by atoms with Gasteiger partial charge in [-0.25, -0.2) is 0 Å². The van der Waals surface area contributed by atoms with Crippen LogP contribution in [0.2, 0.25) is 0 Å². The Morgan fingerprint density at radius 2 is 1.84 bits per heavy atom. The second-order valence-electron chi connectivity index (χ2n) is 6.69. The van der Waals surface area contributed by atoms with Crippen LogP contribution in [0.5, 0.6) is 0 Å². The highest BCUT2D eigenvalue weighted by atomic mass is 16.2. The normalized spacial score (nSPS) is 18.3. The molecule has 1 aliphatic heterocycles. The number of hydrogen-bond donors (Lipinski definition) is 1. The van der Waals surface area contributed by atoms with E-state index in [9.17, 15) is 9.59 Å². The molecule has 25 heavy (non-hydrogen) atoms. The van der Waals surface area contributed by atoms with Gasteiger partial charge in [0, 0.05) is 12.2 Å². The predicted octanol–water partition coefficient (Wildman–Crippen LogP) is 3.53. The Kier molecular flexibility index (Phi) is 4.88. The molecule has 0 aromatic heterocycles. The summed E-state index contributed by atoms with van der Waals surface area (Å²) in [4.78, 5) is 27.2. The molecule has 1 heterocycles. The summed E-state index contributed by atoms with van der Waals surface area (Å²) in [5.41, 5.74) is 4.19. The Balaban J connectivity index is 1.71. The van der Waals surface area contributed by atoms with Gasteiger partial charge in [-0.15, -0.1) is 0 Å².